The van der Waals surface area contributed by atoms with Gasteiger partial charge in [-0.25, -0.2) is 19.2 Å². The topological polar surface area (TPSA) is 71.8 Å². The van der Waals surface area contributed by atoms with E-state index in [4.69, 9.17) is 0 Å². The molecule has 4 rings (SSSR count). The number of imidazole rings is 1. The number of carbonyl (C=O) groups excluding carboxylic acids is 1. The predicted octanol–water partition coefficient (Wildman–Crippen LogP) is 5.07. The number of pyridine rings is 1. The lowest BCUT2D eigenvalue weighted by atomic mass is 10.1. The largest absolute Gasteiger partial charge is 0.338 e. The minimum atomic E-state index is -0.288. The van der Waals surface area contributed by atoms with Crippen molar-refractivity contribution in [3.8, 4) is 11.4 Å². The molecule has 6 nitrogen and oxygen atoms in total. The van der Waals surface area contributed by atoms with Gasteiger partial charge in [-0.1, -0.05) is 6.07 Å². The van der Waals surface area contributed by atoms with Gasteiger partial charge in [0.15, 0.2) is 5.65 Å². The van der Waals surface area contributed by atoms with Gasteiger partial charge in [-0.05, 0) is 79.9 Å². The van der Waals surface area contributed by atoms with Crippen molar-refractivity contribution in [1.82, 2.24) is 19.9 Å². The maximum absolute atomic E-state index is 13.3. The quantitative estimate of drug-likeness (QED) is 0.431. The first kappa shape index (κ1) is 20.5. The van der Waals surface area contributed by atoms with Crippen LogP contribution >= 0.6 is 0 Å². The number of hydrogen-bond acceptors (Lipinski definition) is 3. The molecule has 0 bridgehead atoms. The van der Waals surface area contributed by atoms with Gasteiger partial charge in [-0.3, -0.25) is 0 Å². The van der Waals surface area contributed by atoms with Crippen molar-refractivity contribution >= 4 is 22.9 Å². The van der Waals surface area contributed by atoms with E-state index in [-0.39, 0.29) is 11.8 Å². The van der Waals surface area contributed by atoms with Crippen molar-refractivity contribution in [3.05, 3.63) is 77.7 Å². The number of fused-ring (bicyclic) bond motifs is 1. The summed E-state index contributed by atoms with van der Waals surface area (Å²) in [5, 5.41) is 5.77. The van der Waals surface area contributed by atoms with Gasteiger partial charge < -0.3 is 15.2 Å². The van der Waals surface area contributed by atoms with Crippen LogP contribution in [0.1, 0.15) is 17.5 Å². The van der Waals surface area contributed by atoms with Gasteiger partial charge in [0.2, 0.25) is 0 Å². The lowest BCUT2D eigenvalue weighted by molar-refractivity contribution is 0.252. The summed E-state index contributed by atoms with van der Waals surface area (Å²) in [6.45, 7) is 5.10. The van der Waals surface area contributed by atoms with Crippen molar-refractivity contribution in [3.63, 3.8) is 0 Å². The number of halogens is 1. The molecule has 2 N–H and O–H groups in total. The lowest BCUT2D eigenvalue weighted by Crippen LogP contribution is -2.30. The summed E-state index contributed by atoms with van der Waals surface area (Å²) in [5.41, 5.74) is 5.34. The summed E-state index contributed by atoms with van der Waals surface area (Å²) in [7, 11) is 0. The Hall–Kier alpha value is -3.74. The SMILES string of the molecule is Cc1cc(C)cc(NC(=O)NCCCn2c(-c3ccc(F)cc3)nc3cccnc32)c1. The third kappa shape index (κ3) is 4.88. The first-order valence-corrected chi connectivity index (χ1v) is 10.2. The molecule has 0 aliphatic carbocycles. The molecule has 2 aromatic heterocycles. The third-order valence-corrected chi connectivity index (χ3v) is 4.93. The second kappa shape index (κ2) is 8.95. The smallest absolute Gasteiger partial charge is 0.319 e. The molecular formula is C24H24FN5O. The molecule has 0 atom stereocenters. The highest BCUT2D eigenvalue weighted by Crippen LogP contribution is 2.24. The molecule has 2 heterocycles. The molecule has 158 valence electrons. The van der Waals surface area contributed by atoms with Gasteiger partial charge >= 0.3 is 6.03 Å². The Morgan fingerprint density at radius 1 is 1.06 bits per heavy atom. The van der Waals surface area contributed by atoms with Crippen LogP contribution in [0.25, 0.3) is 22.6 Å². The number of hydrogen-bond donors (Lipinski definition) is 2. The third-order valence-electron chi connectivity index (χ3n) is 4.93. The zero-order valence-corrected chi connectivity index (χ0v) is 17.5. The van der Waals surface area contributed by atoms with E-state index >= 15 is 0 Å². The molecule has 0 aliphatic heterocycles. The van der Waals surface area contributed by atoms with E-state index in [9.17, 15) is 9.18 Å². The van der Waals surface area contributed by atoms with Crippen LogP contribution in [0.2, 0.25) is 0 Å². The fourth-order valence-electron chi connectivity index (χ4n) is 3.65. The Labute approximate surface area is 180 Å². The van der Waals surface area contributed by atoms with E-state index in [0.29, 0.717) is 19.5 Å². The van der Waals surface area contributed by atoms with Crippen LogP contribution < -0.4 is 10.6 Å². The molecule has 0 fully saturated rings. The highest BCUT2D eigenvalue weighted by Gasteiger charge is 2.13. The number of benzene rings is 2. The van der Waals surface area contributed by atoms with E-state index in [1.54, 1.807) is 18.3 Å². The van der Waals surface area contributed by atoms with Gasteiger partial charge in [0, 0.05) is 30.5 Å². The summed E-state index contributed by atoms with van der Waals surface area (Å²) in [6.07, 6.45) is 2.42. The normalized spacial score (nSPS) is 10.9. The van der Waals surface area contributed by atoms with Crippen molar-refractivity contribution in [2.45, 2.75) is 26.8 Å². The van der Waals surface area contributed by atoms with E-state index in [0.717, 1.165) is 39.4 Å². The first-order chi connectivity index (χ1) is 15.0. The maximum Gasteiger partial charge on any atom is 0.319 e. The van der Waals surface area contributed by atoms with Gasteiger partial charge in [-0.2, -0.15) is 0 Å². The number of nitrogens with one attached hydrogen (secondary N) is 2. The van der Waals surface area contributed by atoms with Crippen LogP contribution in [0.15, 0.2) is 60.8 Å². The Morgan fingerprint density at radius 3 is 2.55 bits per heavy atom. The molecule has 4 aromatic rings. The molecular weight excluding hydrogens is 393 g/mol. The number of nitrogens with zero attached hydrogens (tertiary/aromatic N) is 3. The van der Waals surface area contributed by atoms with Crippen LogP contribution in [0, 0.1) is 19.7 Å². The Bertz CT molecular complexity index is 1200. The molecule has 2 amide bonds. The summed E-state index contributed by atoms with van der Waals surface area (Å²) in [6, 6.07) is 15.7. The second-order valence-corrected chi connectivity index (χ2v) is 7.55. The monoisotopic (exact) mass is 417 g/mol. The number of aryl methyl sites for hydroxylation is 3. The molecule has 7 heteroatoms. The molecule has 0 spiro atoms. The van der Waals surface area contributed by atoms with Gasteiger partial charge in [-0.15, -0.1) is 0 Å². The first-order valence-electron chi connectivity index (χ1n) is 10.2. The Kier molecular flexibility index (Phi) is 5.93. The van der Waals surface area contributed by atoms with E-state index in [1.165, 1.54) is 12.1 Å². The van der Waals surface area contributed by atoms with Crippen LogP contribution in [-0.4, -0.2) is 27.1 Å². The summed E-state index contributed by atoms with van der Waals surface area (Å²) in [4.78, 5) is 21.4. The summed E-state index contributed by atoms with van der Waals surface area (Å²) in [5.74, 6) is 0.442. The molecule has 31 heavy (non-hydrogen) atoms. The molecule has 0 saturated carbocycles. The zero-order valence-electron chi connectivity index (χ0n) is 17.5. The van der Waals surface area contributed by atoms with Gasteiger partial charge in [0.1, 0.15) is 17.2 Å². The lowest BCUT2D eigenvalue weighted by Gasteiger charge is -2.11. The van der Waals surface area contributed by atoms with Crippen molar-refractivity contribution in [2.75, 3.05) is 11.9 Å². The molecule has 2 aromatic carbocycles. The molecule has 0 radical (unpaired) electrons. The Balaban J connectivity index is 1.42. The molecule has 0 unspecified atom stereocenters. The number of anilines is 1. The minimum absolute atomic E-state index is 0.239. The second-order valence-electron chi connectivity index (χ2n) is 7.55. The molecule has 0 saturated heterocycles. The molecule has 0 aliphatic rings. The van der Waals surface area contributed by atoms with Crippen LogP contribution in [0.4, 0.5) is 14.9 Å². The number of amides is 2. The average molecular weight is 417 g/mol. The average Bonchev–Trinajstić information content (AvgIpc) is 3.09. The highest BCUT2D eigenvalue weighted by atomic mass is 19.1. The fourth-order valence-corrected chi connectivity index (χ4v) is 3.65. The van der Waals surface area contributed by atoms with Crippen molar-refractivity contribution in [1.29, 1.82) is 0 Å². The number of aromatic nitrogens is 3. The van der Waals surface area contributed by atoms with Crippen LogP contribution in [-0.2, 0) is 6.54 Å². The highest BCUT2D eigenvalue weighted by molar-refractivity contribution is 5.89. The van der Waals surface area contributed by atoms with E-state index < -0.39 is 0 Å². The number of urea groups is 1. The van der Waals surface area contributed by atoms with Gasteiger partial charge in [0.25, 0.3) is 0 Å². The van der Waals surface area contributed by atoms with Crippen molar-refractivity contribution in [2.24, 2.45) is 0 Å². The standard InChI is InChI=1S/C24H24FN5O/c1-16-13-17(2)15-20(14-16)28-24(31)27-11-4-12-30-22(18-6-8-19(25)9-7-18)29-21-5-3-10-26-23(21)30/h3,5-10,13-15H,4,11-12H2,1-2H3,(H2,27,28,31). The zero-order chi connectivity index (χ0) is 21.8. The Morgan fingerprint density at radius 2 is 1.81 bits per heavy atom. The number of rotatable bonds is 6. The van der Waals surface area contributed by atoms with Crippen LogP contribution in [0.3, 0.4) is 0 Å². The maximum atomic E-state index is 13.3. The summed E-state index contributed by atoms with van der Waals surface area (Å²) < 4.78 is 15.4. The van der Waals surface area contributed by atoms with E-state index in [1.807, 2.05) is 42.7 Å². The minimum Gasteiger partial charge on any atom is -0.338 e. The van der Waals surface area contributed by atoms with E-state index in [2.05, 4.69) is 26.7 Å². The van der Waals surface area contributed by atoms with Crippen LogP contribution in [0.5, 0.6) is 0 Å². The summed E-state index contributed by atoms with van der Waals surface area (Å²) >= 11 is 0. The van der Waals surface area contributed by atoms with Gasteiger partial charge in [0.05, 0.1) is 0 Å². The predicted molar refractivity (Wildman–Crippen MR) is 120 cm³/mol. The van der Waals surface area contributed by atoms with Crippen molar-refractivity contribution < 1.29 is 9.18 Å². The fraction of sp³-hybridized carbons (Fsp3) is 0.208. The number of carbonyl (C=O) groups is 1.